The molecule has 2 aromatic rings. The largest absolute Gasteiger partial charge is 0.325 e. The second-order valence-electron chi connectivity index (χ2n) is 3.67. The van der Waals surface area contributed by atoms with Crippen LogP contribution in [0.15, 0.2) is 24.7 Å². The molecule has 0 saturated carbocycles. The predicted molar refractivity (Wildman–Crippen MR) is 61.1 cm³/mol. The molecule has 16 heavy (non-hydrogen) atoms. The highest BCUT2D eigenvalue weighted by Gasteiger charge is 2.02. The number of carbonyl (C=O) groups excluding carboxylic acids is 1. The van der Waals surface area contributed by atoms with Crippen molar-refractivity contribution in [3.05, 3.63) is 24.7 Å². The first-order valence-corrected chi connectivity index (χ1v) is 5.39. The van der Waals surface area contributed by atoms with E-state index >= 15 is 0 Å². The number of amides is 1. The average Bonchev–Trinajstić information content (AvgIpc) is 2.73. The van der Waals surface area contributed by atoms with Crippen LogP contribution < -0.4 is 5.32 Å². The second-order valence-corrected chi connectivity index (χ2v) is 3.67. The van der Waals surface area contributed by atoms with Crippen molar-refractivity contribution in [2.75, 3.05) is 5.32 Å². The lowest BCUT2D eigenvalue weighted by molar-refractivity contribution is -0.116. The van der Waals surface area contributed by atoms with Crippen molar-refractivity contribution in [3.8, 4) is 0 Å². The molecule has 5 nitrogen and oxygen atoms in total. The Bertz CT molecular complexity index is 491. The van der Waals surface area contributed by atoms with Crippen LogP contribution in [0.1, 0.15) is 26.2 Å². The first kappa shape index (κ1) is 10.6. The summed E-state index contributed by atoms with van der Waals surface area (Å²) in [6.07, 6.45) is 5.92. The number of fused-ring (bicyclic) bond motifs is 1. The van der Waals surface area contributed by atoms with Gasteiger partial charge in [-0.1, -0.05) is 13.3 Å². The van der Waals surface area contributed by atoms with Gasteiger partial charge in [-0.15, -0.1) is 10.2 Å². The number of hydrogen-bond donors (Lipinski definition) is 1. The maximum Gasteiger partial charge on any atom is 0.224 e. The van der Waals surface area contributed by atoms with Crippen LogP contribution in [-0.2, 0) is 4.79 Å². The number of hydrogen-bond acceptors (Lipinski definition) is 3. The number of anilines is 1. The Labute approximate surface area is 93.5 Å². The van der Waals surface area contributed by atoms with E-state index in [0.717, 1.165) is 24.2 Å². The number of pyridine rings is 1. The zero-order valence-corrected chi connectivity index (χ0v) is 9.18. The maximum atomic E-state index is 11.5. The Balaban J connectivity index is 2.06. The summed E-state index contributed by atoms with van der Waals surface area (Å²) in [5.74, 6) is 0.0503. The highest BCUT2D eigenvalue weighted by atomic mass is 16.1. The molecule has 0 unspecified atom stereocenters. The Morgan fingerprint density at radius 2 is 2.38 bits per heavy atom. The molecule has 0 atom stereocenters. The van der Waals surface area contributed by atoms with Gasteiger partial charge in [0.2, 0.25) is 5.91 Å². The van der Waals surface area contributed by atoms with Gasteiger partial charge in [0.25, 0.3) is 0 Å². The van der Waals surface area contributed by atoms with Gasteiger partial charge in [-0.25, -0.2) is 0 Å². The minimum atomic E-state index is 0.0503. The highest BCUT2D eigenvalue weighted by molar-refractivity contribution is 5.90. The molecule has 0 radical (unpaired) electrons. The number of unbranched alkanes of at least 4 members (excludes halogenated alkanes) is 1. The fourth-order valence-corrected chi connectivity index (χ4v) is 1.46. The Kier molecular flexibility index (Phi) is 3.14. The Morgan fingerprint density at radius 1 is 1.50 bits per heavy atom. The third-order valence-electron chi connectivity index (χ3n) is 2.33. The SMILES string of the molecule is CCCCC(=O)Nc1ccc2nncn2c1. The zero-order valence-electron chi connectivity index (χ0n) is 9.18. The zero-order chi connectivity index (χ0) is 11.4. The van der Waals surface area contributed by atoms with Gasteiger partial charge >= 0.3 is 0 Å². The van der Waals surface area contributed by atoms with Crippen molar-refractivity contribution in [1.29, 1.82) is 0 Å². The van der Waals surface area contributed by atoms with Crippen LogP contribution in [0.2, 0.25) is 0 Å². The molecule has 2 rings (SSSR count). The van der Waals surface area contributed by atoms with Crippen LogP contribution in [-0.4, -0.2) is 20.5 Å². The molecule has 5 heteroatoms. The second kappa shape index (κ2) is 4.74. The van der Waals surface area contributed by atoms with E-state index in [9.17, 15) is 4.79 Å². The molecular formula is C11H14N4O. The molecule has 0 saturated heterocycles. The molecule has 2 aromatic heterocycles. The van der Waals surface area contributed by atoms with Crippen molar-refractivity contribution < 1.29 is 4.79 Å². The first-order chi connectivity index (χ1) is 7.79. The molecule has 0 spiro atoms. The van der Waals surface area contributed by atoms with Crippen molar-refractivity contribution in [2.45, 2.75) is 26.2 Å². The van der Waals surface area contributed by atoms with Crippen LogP contribution in [0.25, 0.3) is 5.65 Å². The van der Waals surface area contributed by atoms with Gasteiger partial charge < -0.3 is 5.32 Å². The molecule has 84 valence electrons. The Hall–Kier alpha value is -1.91. The third-order valence-corrected chi connectivity index (χ3v) is 2.33. The fourth-order valence-electron chi connectivity index (χ4n) is 1.46. The molecule has 1 N–H and O–H groups in total. The molecule has 1 amide bonds. The lowest BCUT2D eigenvalue weighted by atomic mass is 10.2. The minimum absolute atomic E-state index is 0.0503. The molecule has 0 fully saturated rings. The monoisotopic (exact) mass is 218 g/mol. The maximum absolute atomic E-state index is 11.5. The van der Waals surface area contributed by atoms with Crippen LogP contribution in [0.3, 0.4) is 0 Å². The lowest BCUT2D eigenvalue weighted by Gasteiger charge is -2.04. The predicted octanol–water partition coefficient (Wildman–Crippen LogP) is 1.86. The van der Waals surface area contributed by atoms with Gasteiger partial charge in [-0.3, -0.25) is 9.20 Å². The summed E-state index contributed by atoms with van der Waals surface area (Å²) in [6.45, 7) is 2.07. The average molecular weight is 218 g/mol. The molecule has 0 bridgehead atoms. The van der Waals surface area contributed by atoms with Crippen LogP contribution in [0, 0.1) is 0 Å². The van der Waals surface area contributed by atoms with E-state index in [0.29, 0.717) is 6.42 Å². The summed E-state index contributed by atoms with van der Waals surface area (Å²) >= 11 is 0. The van der Waals surface area contributed by atoms with Gasteiger partial charge in [-0.2, -0.15) is 0 Å². The normalized spacial score (nSPS) is 10.6. The summed E-state index contributed by atoms with van der Waals surface area (Å²) in [5.41, 5.74) is 1.54. The standard InChI is InChI=1S/C11H14N4O/c1-2-3-4-11(16)13-9-5-6-10-14-12-8-15(10)7-9/h5-8H,2-4H2,1H3,(H,13,16). The smallest absolute Gasteiger partial charge is 0.224 e. The molecule has 0 aliphatic rings. The van der Waals surface area contributed by atoms with Gasteiger partial charge in [-0.05, 0) is 18.6 Å². The summed E-state index contributed by atoms with van der Waals surface area (Å²) < 4.78 is 1.77. The van der Waals surface area contributed by atoms with E-state index in [1.54, 1.807) is 16.9 Å². The molecule has 0 aliphatic carbocycles. The number of carbonyl (C=O) groups is 1. The molecule has 0 aromatic carbocycles. The van der Waals surface area contributed by atoms with E-state index in [1.807, 2.05) is 12.1 Å². The number of nitrogens with one attached hydrogen (secondary N) is 1. The summed E-state index contributed by atoms with van der Waals surface area (Å²) in [7, 11) is 0. The molecule has 0 aliphatic heterocycles. The van der Waals surface area contributed by atoms with Crippen LogP contribution in [0.5, 0.6) is 0 Å². The van der Waals surface area contributed by atoms with Crippen LogP contribution in [0.4, 0.5) is 5.69 Å². The van der Waals surface area contributed by atoms with E-state index < -0.39 is 0 Å². The summed E-state index contributed by atoms with van der Waals surface area (Å²) in [4.78, 5) is 11.5. The fraction of sp³-hybridized carbons (Fsp3) is 0.364. The summed E-state index contributed by atoms with van der Waals surface area (Å²) in [6, 6.07) is 3.65. The number of nitrogens with zero attached hydrogens (tertiary/aromatic N) is 3. The van der Waals surface area contributed by atoms with E-state index in [-0.39, 0.29) is 5.91 Å². The number of rotatable bonds is 4. The van der Waals surface area contributed by atoms with Gasteiger partial charge in [0.05, 0.1) is 5.69 Å². The highest BCUT2D eigenvalue weighted by Crippen LogP contribution is 2.09. The van der Waals surface area contributed by atoms with Crippen LogP contribution >= 0.6 is 0 Å². The van der Waals surface area contributed by atoms with Crippen molar-refractivity contribution >= 4 is 17.2 Å². The van der Waals surface area contributed by atoms with Crippen molar-refractivity contribution in [2.24, 2.45) is 0 Å². The van der Waals surface area contributed by atoms with Gasteiger partial charge in [0, 0.05) is 12.6 Å². The quantitative estimate of drug-likeness (QED) is 0.852. The number of aromatic nitrogens is 3. The van der Waals surface area contributed by atoms with Gasteiger partial charge in [0.1, 0.15) is 6.33 Å². The minimum Gasteiger partial charge on any atom is -0.325 e. The van der Waals surface area contributed by atoms with E-state index in [1.165, 1.54) is 0 Å². The topological polar surface area (TPSA) is 59.3 Å². The summed E-state index contributed by atoms with van der Waals surface area (Å²) in [5, 5.41) is 10.5. The Morgan fingerprint density at radius 3 is 3.19 bits per heavy atom. The van der Waals surface area contributed by atoms with Crippen molar-refractivity contribution in [3.63, 3.8) is 0 Å². The van der Waals surface area contributed by atoms with Crippen molar-refractivity contribution in [1.82, 2.24) is 14.6 Å². The molecular weight excluding hydrogens is 204 g/mol. The van der Waals surface area contributed by atoms with E-state index in [4.69, 9.17) is 0 Å². The lowest BCUT2D eigenvalue weighted by Crippen LogP contribution is -2.11. The third kappa shape index (κ3) is 2.36. The van der Waals surface area contributed by atoms with Gasteiger partial charge in [0.15, 0.2) is 5.65 Å². The van der Waals surface area contributed by atoms with E-state index in [2.05, 4.69) is 22.4 Å². The molecule has 2 heterocycles. The first-order valence-electron chi connectivity index (χ1n) is 5.39.